The van der Waals surface area contributed by atoms with Crippen LogP contribution in [0.1, 0.15) is 25.1 Å². The van der Waals surface area contributed by atoms with Crippen molar-refractivity contribution in [3.8, 4) is 0 Å². The molecule has 2 N–H and O–H groups in total. The summed E-state index contributed by atoms with van der Waals surface area (Å²) in [5.41, 5.74) is 1.73. The van der Waals surface area contributed by atoms with Gasteiger partial charge in [0.05, 0.1) is 5.69 Å². The highest BCUT2D eigenvalue weighted by molar-refractivity contribution is 5.72. The van der Waals surface area contributed by atoms with Crippen molar-refractivity contribution in [1.29, 1.82) is 0 Å². The molecule has 1 rings (SSSR count). The summed E-state index contributed by atoms with van der Waals surface area (Å²) < 4.78 is 0. The Bertz CT molecular complexity index is 441. The first-order chi connectivity index (χ1) is 6.56. The van der Waals surface area contributed by atoms with E-state index in [2.05, 4.69) is 11.6 Å². The van der Waals surface area contributed by atoms with E-state index in [4.69, 9.17) is 0 Å². The quantitative estimate of drug-likeness (QED) is 0.705. The number of aliphatic hydroxyl groups is 1. The summed E-state index contributed by atoms with van der Waals surface area (Å²) in [6, 6.07) is 3.06. The second-order valence-electron chi connectivity index (χ2n) is 3.07. The van der Waals surface area contributed by atoms with Crippen molar-refractivity contribution >= 4 is 11.3 Å². The highest BCUT2D eigenvalue weighted by Crippen LogP contribution is 2.18. The van der Waals surface area contributed by atoms with Crippen LogP contribution in [0.25, 0.3) is 11.3 Å². The number of aliphatic hydroxyl groups excluding tert-OH is 1. The molecule has 0 aliphatic heterocycles. The van der Waals surface area contributed by atoms with E-state index in [0.29, 0.717) is 5.69 Å². The zero-order valence-electron chi connectivity index (χ0n) is 8.29. The molecule has 1 heterocycles. The Morgan fingerprint density at radius 3 is 2.71 bits per heavy atom. The number of H-pyrrole nitrogens is 1. The minimum atomic E-state index is -0.238. The number of nitrogens with one attached hydrogen (secondary N) is 1. The first kappa shape index (κ1) is 10.3. The molecule has 3 heteroatoms. The molecule has 0 amide bonds. The van der Waals surface area contributed by atoms with Gasteiger partial charge in [0.1, 0.15) is 5.76 Å². The van der Waals surface area contributed by atoms with Gasteiger partial charge in [0.25, 0.3) is 0 Å². The monoisotopic (exact) mass is 191 g/mol. The molecule has 0 spiro atoms. The molecular weight excluding hydrogens is 178 g/mol. The minimum Gasteiger partial charge on any atom is -0.506 e. The summed E-state index contributed by atoms with van der Waals surface area (Å²) in [5.74, 6) is 0.0562. The third kappa shape index (κ3) is 1.93. The largest absolute Gasteiger partial charge is 0.506 e. The fourth-order valence-corrected chi connectivity index (χ4v) is 1.18. The Morgan fingerprint density at radius 1 is 1.57 bits per heavy atom. The normalized spacial score (nSPS) is 11.4. The van der Waals surface area contributed by atoms with Crippen LogP contribution in [-0.2, 0) is 0 Å². The van der Waals surface area contributed by atoms with Crippen LogP contribution in [0.5, 0.6) is 0 Å². The van der Waals surface area contributed by atoms with Gasteiger partial charge in [-0.15, -0.1) is 0 Å². The third-order valence-corrected chi connectivity index (χ3v) is 1.91. The maximum atomic E-state index is 11.1. The molecule has 1 aromatic rings. The fourth-order valence-electron chi connectivity index (χ4n) is 1.18. The van der Waals surface area contributed by atoms with Crippen LogP contribution in [0.4, 0.5) is 0 Å². The first-order valence-corrected chi connectivity index (χ1v) is 4.31. The lowest BCUT2D eigenvalue weighted by Gasteiger charge is -2.07. The van der Waals surface area contributed by atoms with Crippen molar-refractivity contribution < 1.29 is 5.11 Å². The molecule has 0 saturated heterocycles. The second kappa shape index (κ2) is 3.96. The molecule has 1 aromatic heterocycles. The number of hydrogen-bond acceptors (Lipinski definition) is 2. The molecule has 0 bridgehead atoms. The predicted molar refractivity (Wildman–Crippen MR) is 58.1 cm³/mol. The lowest BCUT2D eigenvalue weighted by Crippen LogP contribution is -2.09. The Hall–Kier alpha value is -1.77. The minimum absolute atomic E-state index is 0.0562. The van der Waals surface area contributed by atoms with E-state index in [-0.39, 0.29) is 11.3 Å². The lowest BCUT2D eigenvalue weighted by atomic mass is 10.1. The Labute approximate surface area is 82.4 Å². The van der Waals surface area contributed by atoms with Crippen molar-refractivity contribution in [2.24, 2.45) is 0 Å². The maximum absolute atomic E-state index is 11.1. The summed E-state index contributed by atoms with van der Waals surface area (Å²) >= 11 is 0. The molecule has 3 nitrogen and oxygen atoms in total. The van der Waals surface area contributed by atoms with Crippen LogP contribution < -0.4 is 5.56 Å². The van der Waals surface area contributed by atoms with Crippen LogP contribution in [0.15, 0.2) is 29.6 Å². The van der Waals surface area contributed by atoms with Crippen LogP contribution >= 0.6 is 0 Å². The first-order valence-electron chi connectivity index (χ1n) is 4.31. The van der Waals surface area contributed by atoms with Gasteiger partial charge in [-0.3, -0.25) is 4.79 Å². The Kier molecular flexibility index (Phi) is 2.92. The molecule has 0 unspecified atom stereocenters. The van der Waals surface area contributed by atoms with Crippen molar-refractivity contribution in [3.05, 3.63) is 46.4 Å². The van der Waals surface area contributed by atoms with E-state index in [9.17, 15) is 9.90 Å². The SMILES string of the molecule is C=C(C)c1ccc(=O)[nH]c1/C(O)=C\C. The zero-order chi connectivity index (χ0) is 10.7. The molecule has 0 fully saturated rings. The van der Waals surface area contributed by atoms with Gasteiger partial charge in [0, 0.05) is 11.6 Å². The van der Waals surface area contributed by atoms with E-state index in [1.54, 1.807) is 13.0 Å². The van der Waals surface area contributed by atoms with E-state index in [1.807, 2.05) is 6.92 Å². The van der Waals surface area contributed by atoms with Gasteiger partial charge in [0.15, 0.2) is 0 Å². The summed E-state index contributed by atoms with van der Waals surface area (Å²) in [6.07, 6.45) is 1.53. The molecule has 0 aliphatic carbocycles. The van der Waals surface area contributed by atoms with Crippen molar-refractivity contribution in [1.82, 2.24) is 4.98 Å². The molecule has 0 aliphatic rings. The zero-order valence-corrected chi connectivity index (χ0v) is 8.29. The molecular formula is C11H13NO2. The number of allylic oxidation sites excluding steroid dienone is 2. The summed E-state index contributed by atoms with van der Waals surface area (Å²) in [4.78, 5) is 13.6. The highest BCUT2D eigenvalue weighted by atomic mass is 16.3. The van der Waals surface area contributed by atoms with E-state index in [1.165, 1.54) is 12.1 Å². The van der Waals surface area contributed by atoms with Gasteiger partial charge >= 0.3 is 0 Å². The average Bonchev–Trinajstić information content (AvgIpc) is 2.16. The van der Waals surface area contributed by atoms with Crippen LogP contribution in [0, 0.1) is 0 Å². The standard InChI is InChI=1S/C11H13NO2/c1-4-9(13)11-8(7(2)3)5-6-10(14)12-11/h4-6,13H,2H2,1,3H3,(H,12,14)/b9-4+. The molecule has 0 saturated carbocycles. The maximum Gasteiger partial charge on any atom is 0.248 e. The smallest absolute Gasteiger partial charge is 0.248 e. The fraction of sp³-hybridized carbons (Fsp3) is 0.182. The van der Waals surface area contributed by atoms with E-state index >= 15 is 0 Å². The number of hydrogen-bond donors (Lipinski definition) is 2. The molecule has 0 radical (unpaired) electrons. The van der Waals surface area contributed by atoms with Crippen molar-refractivity contribution in [2.75, 3.05) is 0 Å². The van der Waals surface area contributed by atoms with Gasteiger partial charge < -0.3 is 10.1 Å². The summed E-state index contributed by atoms with van der Waals surface area (Å²) in [7, 11) is 0. The highest BCUT2D eigenvalue weighted by Gasteiger charge is 2.07. The van der Waals surface area contributed by atoms with Crippen molar-refractivity contribution in [3.63, 3.8) is 0 Å². The van der Waals surface area contributed by atoms with Gasteiger partial charge in [-0.2, -0.15) is 0 Å². The van der Waals surface area contributed by atoms with Gasteiger partial charge in [0.2, 0.25) is 5.56 Å². The summed E-state index contributed by atoms with van der Waals surface area (Å²) in [5, 5.41) is 9.53. The van der Waals surface area contributed by atoms with E-state index < -0.39 is 0 Å². The summed E-state index contributed by atoms with van der Waals surface area (Å²) in [6.45, 7) is 7.29. The molecule has 74 valence electrons. The molecule has 0 atom stereocenters. The Morgan fingerprint density at radius 2 is 2.21 bits per heavy atom. The molecule has 14 heavy (non-hydrogen) atoms. The van der Waals surface area contributed by atoms with Gasteiger partial charge in [-0.1, -0.05) is 6.58 Å². The number of rotatable bonds is 2. The number of aromatic amines is 1. The predicted octanol–water partition coefficient (Wildman–Crippen LogP) is 2.33. The lowest BCUT2D eigenvalue weighted by molar-refractivity contribution is 0.507. The van der Waals surface area contributed by atoms with E-state index in [0.717, 1.165) is 11.1 Å². The molecule has 0 aromatic carbocycles. The van der Waals surface area contributed by atoms with Crippen LogP contribution in [0.2, 0.25) is 0 Å². The Balaban J connectivity index is 3.45. The number of pyridine rings is 1. The van der Waals surface area contributed by atoms with Crippen LogP contribution in [0.3, 0.4) is 0 Å². The van der Waals surface area contributed by atoms with Gasteiger partial charge in [-0.05, 0) is 31.6 Å². The number of aromatic nitrogens is 1. The topological polar surface area (TPSA) is 53.1 Å². The third-order valence-electron chi connectivity index (χ3n) is 1.91. The average molecular weight is 191 g/mol. The van der Waals surface area contributed by atoms with Crippen LogP contribution in [-0.4, -0.2) is 10.1 Å². The van der Waals surface area contributed by atoms with Gasteiger partial charge in [-0.25, -0.2) is 0 Å². The van der Waals surface area contributed by atoms with Crippen molar-refractivity contribution in [2.45, 2.75) is 13.8 Å². The second-order valence-corrected chi connectivity index (χ2v) is 3.07.